The van der Waals surface area contributed by atoms with Crippen molar-refractivity contribution in [3.63, 3.8) is 0 Å². The highest BCUT2D eigenvalue weighted by molar-refractivity contribution is 6.04. The van der Waals surface area contributed by atoms with Crippen LogP contribution in [0.25, 0.3) is 0 Å². The van der Waals surface area contributed by atoms with Gasteiger partial charge in [0.1, 0.15) is 11.5 Å². The normalized spacial score (nSPS) is 10.5. The molecule has 0 radical (unpaired) electrons. The average Bonchev–Trinajstić information content (AvgIpc) is 2.75. The Hall–Kier alpha value is -3.41. The van der Waals surface area contributed by atoms with Crippen molar-refractivity contribution in [2.75, 3.05) is 11.9 Å². The van der Waals surface area contributed by atoms with Crippen LogP contribution in [0.15, 0.2) is 54.6 Å². The molecule has 6 heteroatoms. The lowest BCUT2D eigenvalue weighted by molar-refractivity contribution is 0.102. The van der Waals surface area contributed by atoms with E-state index in [-0.39, 0.29) is 5.91 Å². The SMILES string of the molecule is CCCCCCOc1ccc(C(=O)Nc2ccc(Oc3nc(C)cc(C)n3)cc2)cc1. The Morgan fingerprint density at radius 2 is 1.52 bits per heavy atom. The summed E-state index contributed by atoms with van der Waals surface area (Å²) in [5.41, 5.74) is 2.94. The average molecular weight is 420 g/mol. The Morgan fingerprint density at radius 3 is 2.16 bits per heavy atom. The second kappa shape index (κ2) is 11.1. The molecule has 1 N–H and O–H groups in total. The van der Waals surface area contributed by atoms with Gasteiger partial charge in [-0.3, -0.25) is 4.79 Å². The molecule has 0 saturated heterocycles. The van der Waals surface area contributed by atoms with Crippen molar-refractivity contribution >= 4 is 11.6 Å². The minimum absolute atomic E-state index is 0.180. The number of rotatable bonds is 10. The number of benzene rings is 2. The minimum atomic E-state index is -0.180. The van der Waals surface area contributed by atoms with Crippen molar-refractivity contribution in [1.29, 1.82) is 0 Å². The van der Waals surface area contributed by atoms with E-state index in [0.29, 0.717) is 29.6 Å². The molecule has 3 rings (SSSR count). The van der Waals surface area contributed by atoms with Gasteiger partial charge in [0.2, 0.25) is 0 Å². The zero-order valence-corrected chi connectivity index (χ0v) is 18.4. The number of ether oxygens (including phenoxy) is 2. The number of unbranched alkanes of at least 4 members (excludes halogenated alkanes) is 3. The zero-order chi connectivity index (χ0) is 22.1. The largest absolute Gasteiger partial charge is 0.494 e. The Labute approximate surface area is 183 Å². The third-order valence-corrected chi connectivity index (χ3v) is 4.67. The van der Waals surface area contributed by atoms with E-state index in [1.165, 1.54) is 19.3 Å². The first-order valence-corrected chi connectivity index (χ1v) is 10.7. The van der Waals surface area contributed by atoms with Crippen molar-refractivity contribution in [2.24, 2.45) is 0 Å². The van der Waals surface area contributed by atoms with Gasteiger partial charge in [-0.05, 0) is 74.9 Å². The van der Waals surface area contributed by atoms with Crippen molar-refractivity contribution in [2.45, 2.75) is 46.5 Å². The molecule has 0 unspecified atom stereocenters. The van der Waals surface area contributed by atoms with E-state index in [9.17, 15) is 4.79 Å². The summed E-state index contributed by atoms with van der Waals surface area (Å²) in [5, 5.41) is 2.89. The lowest BCUT2D eigenvalue weighted by Gasteiger charge is -2.09. The molecule has 0 aliphatic heterocycles. The quantitative estimate of drug-likeness (QED) is 0.402. The van der Waals surface area contributed by atoms with Crippen LogP contribution in [0.5, 0.6) is 17.5 Å². The Morgan fingerprint density at radius 1 is 0.871 bits per heavy atom. The maximum absolute atomic E-state index is 12.5. The highest BCUT2D eigenvalue weighted by Crippen LogP contribution is 2.21. The summed E-state index contributed by atoms with van der Waals surface area (Å²) in [7, 11) is 0. The summed E-state index contributed by atoms with van der Waals surface area (Å²) in [6, 6.07) is 16.5. The van der Waals surface area contributed by atoms with E-state index in [2.05, 4.69) is 22.2 Å². The second-order valence-corrected chi connectivity index (χ2v) is 7.45. The van der Waals surface area contributed by atoms with E-state index in [4.69, 9.17) is 9.47 Å². The highest BCUT2D eigenvalue weighted by atomic mass is 16.5. The molecule has 3 aromatic rings. The van der Waals surface area contributed by atoms with E-state index >= 15 is 0 Å². The topological polar surface area (TPSA) is 73.3 Å². The van der Waals surface area contributed by atoms with Crippen LogP contribution in [0.4, 0.5) is 5.69 Å². The van der Waals surface area contributed by atoms with Crippen LogP contribution in [-0.2, 0) is 0 Å². The first kappa shape index (κ1) is 22.3. The van der Waals surface area contributed by atoms with Gasteiger partial charge >= 0.3 is 6.01 Å². The second-order valence-electron chi connectivity index (χ2n) is 7.45. The number of carbonyl (C=O) groups excluding carboxylic acids is 1. The number of anilines is 1. The molecule has 0 fully saturated rings. The molecule has 1 amide bonds. The fraction of sp³-hybridized carbons (Fsp3) is 0.320. The standard InChI is InChI=1S/C25H29N3O3/c1-4-5-6-7-16-30-22-12-8-20(9-13-22)24(29)28-21-10-14-23(15-11-21)31-25-26-18(2)17-19(3)27-25/h8-15,17H,4-7,16H2,1-3H3,(H,28,29). The molecule has 0 spiro atoms. The molecule has 0 bridgehead atoms. The predicted octanol–water partition coefficient (Wildman–Crippen LogP) is 6.10. The fourth-order valence-electron chi connectivity index (χ4n) is 3.08. The Balaban J connectivity index is 1.52. The van der Waals surface area contributed by atoms with E-state index < -0.39 is 0 Å². The number of hydrogen-bond acceptors (Lipinski definition) is 5. The maximum atomic E-state index is 12.5. The Bertz CT molecular complexity index is 966. The van der Waals surface area contributed by atoms with Gasteiger partial charge < -0.3 is 14.8 Å². The number of amides is 1. The van der Waals surface area contributed by atoms with Crippen LogP contribution in [0.2, 0.25) is 0 Å². The molecular formula is C25H29N3O3. The predicted molar refractivity (Wildman–Crippen MR) is 122 cm³/mol. The summed E-state index contributed by atoms with van der Waals surface area (Å²) in [5.74, 6) is 1.20. The molecular weight excluding hydrogens is 390 g/mol. The van der Waals surface area contributed by atoms with Gasteiger partial charge in [-0.2, -0.15) is 0 Å². The lowest BCUT2D eigenvalue weighted by Crippen LogP contribution is -2.11. The van der Waals surface area contributed by atoms with Crippen LogP contribution in [0, 0.1) is 13.8 Å². The van der Waals surface area contributed by atoms with Gasteiger partial charge in [0.05, 0.1) is 6.61 Å². The van der Waals surface area contributed by atoms with Crippen LogP contribution >= 0.6 is 0 Å². The molecule has 0 aliphatic rings. The molecule has 0 saturated carbocycles. The van der Waals surface area contributed by atoms with Crippen molar-refractivity contribution in [3.05, 3.63) is 71.5 Å². The number of aromatic nitrogens is 2. The van der Waals surface area contributed by atoms with E-state index in [0.717, 1.165) is 23.6 Å². The van der Waals surface area contributed by atoms with Crippen LogP contribution in [-0.4, -0.2) is 22.5 Å². The molecule has 162 valence electrons. The minimum Gasteiger partial charge on any atom is -0.494 e. The first-order valence-electron chi connectivity index (χ1n) is 10.7. The zero-order valence-electron chi connectivity index (χ0n) is 18.4. The van der Waals surface area contributed by atoms with Gasteiger partial charge in [0, 0.05) is 22.6 Å². The molecule has 6 nitrogen and oxygen atoms in total. The third kappa shape index (κ3) is 7.10. The number of nitrogens with zero attached hydrogens (tertiary/aromatic N) is 2. The molecule has 0 atom stereocenters. The van der Waals surface area contributed by atoms with Crippen molar-refractivity contribution in [1.82, 2.24) is 9.97 Å². The summed E-state index contributed by atoms with van der Waals surface area (Å²) >= 11 is 0. The summed E-state index contributed by atoms with van der Waals surface area (Å²) in [4.78, 5) is 21.0. The molecule has 31 heavy (non-hydrogen) atoms. The molecule has 1 aromatic heterocycles. The Kier molecular flexibility index (Phi) is 7.98. The number of carbonyl (C=O) groups is 1. The number of nitrogens with one attached hydrogen (secondary N) is 1. The van der Waals surface area contributed by atoms with Crippen LogP contribution in [0.1, 0.15) is 54.4 Å². The number of hydrogen-bond donors (Lipinski definition) is 1. The smallest absolute Gasteiger partial charge is 0.322 e. The van der Waals surface area contributed by atoms with Crippen molar-refractivity contribution in [3.8, 4) is 17.5 Å². The third-order valence-electron chi connectivity index (χ3n) is 4.67. The molecule has 2 aromatic carbocycles. The van der Waals surface area contributed by atoms with Gasteiger partial charge in [-0.25, -0.2) is 9.97 Å². The summed E-state index contributed by atoms with van der Waals surface area (Å²) in [6.45, 7) is 6.68. The molecule has 0 aliphatic carbocycles. The maximum Gasteiger partial charge on any atom is 0.322 e. The van der Waals surface area contributed by atoms with Gasteiger partial charge in [0.25, 0.3) is 5.91 Å². The van der Waals surface area contributed by atoms with E-state index in [1.54, 1.807) is 36.4 Å². The van der Waals surface area contributed by atoms with E-state index in [1.807, 2.05) is 32.0 Å². The monoisotopic (exact) mass is 419 g/mol. The first-order chi connectivity index (χ1) is 15.0. The van der Waals surface area contributed by atoms with Gasteiger partial charge in [-0.15, -0.1) is 0 Å². The summed E-state index contributed by atoms with van der Waals surface area (Å²) < 4.78 is 11.4. The van der Waals surface area contributed by atoms with Crippen LogP contribution < -0.4 is 14.8 Å². The summed E-state index contributed by atoms with van der Waals surface area (Å²) in [6.07, 6.45) is 4.67. The van der Waals surface area contributed by atoms with Crippen molar-refractivity contribution < 1.29 is 14.3 Å². The number of aryl methyl sites for hydroxylation is 2. The fourth-order valence-corrected chi connectivity index (χ4v) is 3.08. The lowest BCUT2D eigenvalue weighted by atomic mass is 10.2. The molecule has 1 heterocycles. The van der Waals surface area contributed by atoms with Gasteiger partial charge in [0.15, 0.2) is 0 Å². The highest BCUT2D eigenvalue weighted by Gasteiger charge is 2.08. The van der Waals surface area contributed by atoms with Gasteiger partial charge in [-0.1, -0.05) is 26.2 Å². The van der Waals surface area contributed by atoms with Crippen LogP contribution in [0.3, 0.4) is 0 Å².